The smallest absolute Gasteiger partial charge is 0.245 e. The lowest BCUT2D eigenvalue weighted by Gasteiger charge is -2.25. The molecule has 1 saturated heterocycles. The second kappa shape index (κ2) is 7.66. The molecule has 28 heavy (non-hydrogen) atoms. The van der Waals surface area contributed by atoms with Crippen molar-refractivity contribution in [1.29, 1.82) is 0 Å². The number of sulfonamides is 1. The molecule has 0 spiro atoms. The Labute approximate surface area is 169 Å². The normalized spacial score (nSPS) is 17.7. The summed E-state index contributed by atoms with van der Waals surface area (Å²) in [6.07, 6.45) is 0. The van der Waals surface area contributed by atoms with E-state index in [1.807, 2.05) is 48.5 Å². The van der Waals surface area contributed by atoms with E-state index in [4.69, 9.17) is 9.47 Å². The van der Waals surface area contributed by atoms with Crippen molar-refractivity contribution in [1.82, 2.24) is 4.31 Å². The average molecular weight is 416 g/mol. The molecule has 0 aromatic heterocycles. The van der Waals surface area contributed by atoms with E-state index in [2.05, 4.69) is 0 Å². The van der Waals surface area contributed by atoms with Gasteiger partial charge in [-0.25, -0.2) is 8.42 Å². The molecular formula is C21H21NO4S2. The van der Waals surface area contributed by atoms with E-state index in [0.717, 1.165) is 22.1 Å². The molecule has 4 rings (SSSR count). The molecule has 0 amide bonds. The van der Waals surface area contributed by atoms with E-state index in [1.54, 1.807) is 42.4 Å². The van der Waals surface area contributed by atoms with Crippen molar-refractivity contribution in [2.45, 2.75) is 10.3 Å². The second-order valence-electron chi connectivity index (χ2n) is 6.43. The van der Waals surface area contributed by atoms with Gasteiger partial charge in [0.25, 0.3) is 0 Å². The van der Waals surface area contributed by atoms with Crippen LogP contribution in [0.1, 0.15) is 10.9 Å². The molecule has 0 aliphatic carbocycles. The first kappa shape index (κ1) is 19.1. The van der Waals surface area contributed by atoms with Crippen molar-refractivity contribution in [3.05, 3.63) is 66.2 Å². The minimum absolute atomic E-state index is 0.302. The Morgan fingerprint density at radius 1 is 0.964 bits per heavy atom. The number of methoxy groups -OCH3 is 2. The SMILES string of the molecule is COc1ccc([C@@H]2SCCN2S(=O)(=O)c2cccc3ccccc23)cc1OC. The van der Waals surface area contributed by atoms with Gasteiger partial charge in [-0.05, 0) is 29.1 Å². The van der Waals surface area contributed by atoms with Gasteiger partial charge in [0.05, 0.1) is 24.5 Å². The van der Waals surface area contributed by atoms with Crippen LogP contribution in [0.4, 0.5) is 0 Å². The number of nitrogens with zero attached hydrogens (tertiary/aromatic N) is 1. The zero-order valence-corrected chi connectivity index (χ0v) is 17.3. The average Bonchev–Trinajstić information content (AvgIpc) is 3.23. The van der Waals surface area contributed by atoms with Crippen molar-refractivity contribution in [2.75, 3.05) is 26.5 Å². The highest BCUT2D eigenvalue weighted by atomic mass is 32.2. The third-order valence-corrected chi connectivity index (χ3v) is 8.19. The minimum Gasteiger partial charge on any atom is -0.493 e. The van der Waals surface area contributed by atoms with Gasteiger partial charge >= 0.3 is 0 Å². The van der Waals surface area contributed by atoms with Crippen LogP contribution >= 0.6 is 11.8 Å². The zero-order valence-electron chi connectivity index (χ0n) is 15.7. The van der Waals surface area contributed by atoms with Crippen LogP contribution in [0.25, 0.3) is 10.8 Å². The summed E-state index contributed by atoms with van der Waals surface area (Å²) in [5.41, 5.74) is 0.879. The lowest BCUT2D eigenvalue weighted by Crippen LogP contribution is -2.30. The summed E-state index contributed by atoms with van der Waals surface area (Å²) in [4.78, 5) is 0.346. The predicted molar refractivity (Wildman–Crippen MR) is 113 cm³/mol. The van der Waals surface area contributed by atoms with E-state index in [-0.39, 0.29) is 5.37 Å². The molecule has 1 aliphatic rings. The maximum atomic E-state index is 13.6. The van der Waals surface area contributed by atoms with Crippen LogP contribution < -0.4 is 9.47 Å². The molecule has 0 N–H and O–H groups in total. The highest BCUT2D eigenvalue weighted by Crippen LogP contribution is 2.44. The first-order chi connectivity index (χ1) is 13.6. The maximum Gasteiger partial charge on any atom is 0.245 e. The van der Waals surface area contributed by atoms with E-state index >= 15 is 0 Å². The van der Waals surface area contributed by atoms with Gasteiger partial charge in [0, 0.05) is 17.7 Å². The molecule has 7 heteroatoms. The van der Waals surface area contributed by atoms with Gasteiger partial charge in [0.15, 0.2) is 11.5 Å². The second-order valence-corrected chi connectivity index (χ2v) is 9.48. The van der Waals surface area contributed by atoms with Gasteiger partial charge in [-0.15, -0.1) is 11.8 Å². The van der Waals surface area contributed by atoms with Crippen LogP contribution in [0, 0.1) is 0 Å². The largest absolute Gasteiger partial charge is 0.493 e. The van der Waals surface area contributed by atoms with Crippen LogP contribution in [0.15, 0.2) is 65.6 Å². The lowest BCUT2D eigenvalue weighted by atomic mass is 10.1. The summed E-state index contributed by atoms with van der Waals surface area (Å²) < 4.78 is 39.4. The maximum absolute atomic E-state index is 13.6. The summed E-state index contributed by atoms with van der Waals surface area (Å²) in [7, 11) is -0.498. The Kier molecular flexibility index (Phi) is 5.23. The molecule has 1 fully saturated rings. The first-order valence-corrected chi connectivity index (χ1v) is 11.4. The molecule has 3 aromatic carbocycles. The number of hydrogen-bond donors (Lipinski definition) is 0. The number of hydrogen-bond acceptors (Lipinski definition) is 5. The highest BCUT2D eigenvalue weighted by Gasteiger charge is 2.37. The monoisotopic (exact) mass is 415 g/mol. The molecular weight excluding hydrogens is 394 g/mol. The van der Waals surface area contributed by atoms with Crippen molar-refractivity contribution in [3.63, 3.8) is 0 Å². The van der Waals surface area contributed by atoms with Crippen LogP contribution in [-0.4, -0.2) is 39.2 Å². The number of thioether (sulfide) groups is 1. The summed E-state index contributed by atoms with van der Waals surface area (Å²) in [6.45, 7) is 0.467. The number of ether oxygens (including phenoxy) is 2. The van der Waals surface area contributed by atoms with Gasteiger partial charge in [0.2, 0.25) is 10.0 Å². The summed E-state index contributed by atoms with van der Waals surface area (Å²) in [6, 6.07) is 18.5. The van der Waals surface area contributed by atoms with Crippen LogP contribution in [0.2, 0.25) is 0 Å². The fourth-order valence-electron chi connectivity index (χ4n) is 3.52. The number of fused-ring (bicyclic) bond motifs is 1. The van der Waals surface area contributed by atoms with Gasteiger partial charge in [-0.2, -0.15) is 4.31 Å². The Balaban J connectivity index is 1.77. The third kappa shape index (κ3) is 3.23. The molecule has 1 aliphatic heterocycles. The quantitative estimate of drug-likeness (QED) is 0.622. The van der Waals surface area contributed by atoms with E-state index in [0.29, 0.717) is 22.9 Å². The Hall–Kier alpha value is -2.22. The fourth-order valence-corrected chi connectivity index (χ4v) is 6.96. The molecule has 5 nitrogen and oxygen atoms in total. The van der Waals surface area contributed by atoms with Gasteiger partial charge in [0.1, 0.15) is 0 Å². The molecule has 0 bridgehead atoms. The highest BCUT2D eigenvalue weighted by molar-refractivity contribution is 8.01. The Morgan fingerprint density at radius 2 is 1.71 bits per heavy atom. The van der Waals surface area contributed by atoms with Crippen molar-refractivity contribution in [2.24, 2.45) is 0 Å². The molecule has 0 unspecified atom stereocenters. The van der Waals surface area contributed by atoms with Gasteiger partial charge in [-0.1, -0.05) is 42.5 Å². The standard InChI is InChI=1S/C21H21NO4S2/c1-25-18-11-10-16(14-19(18)26-2)21-22(12-13-27-21)28(23,24)20-9-5-7-15-6-3-4-8-17(15)20/h3-11,14,21H,12-13H2,1-2H3/t21-/m0/s1. The van der Waals surface area contributed by atoms with Crippen LogP contribution in [0.5, 0.6) is 11.5 Å². The molecule has 0 radical (unpaired) electrons. The minimum atomic E-state index is -3.66. The molecule has 3 aromatic rings. The van der Waals surface area contributed by atoms with Gasteiger partial charge < -0.3 is 9.47 Å². The predicted octanol–water partition coefficient (Wildman–Crippen LogP) is 4.29. The van der Waals surface area contributed by atoms with Gasteiger partial charge in [-0.3, -0.25) is 0 Å². The zero-order chi connectivity index (χ0) is 19.7. The third-order valence-electron chi connectivity index (χ3n) is 4.88. The summed E-state index contributed by atoms with van der Waals surface area (Å²) in [5, 5.41) is 1.36. The first-order valence-electron chi connectivity index (χ1n) is 8.89. The van der Waals surface area contributed by atoms with E-state index in [1.165, 1.54) is 0 Å². The number of rotatable bonds is 5. The topological polar surface area (TPSA) is 55.8 Å². The van der Waals surface area contributed by atoms with E-state index < -0.39 is 10.0 Å². The van der Waals surface area contributed by atoms with Crippen molar-refractivity contribution in [3.8, 4) is 11.5 Å². The van der Waals surface area contributed by atoms with Crippen molar-refractivity contribution >= 4 is 32.6 Å². The van der Waals surface area contributed by atoms with Crippen LogP contribution in [0.3, 0.4) is 0 Å². The fraction of sp³-hybridized carbons (Fsp3) is 0.238. The van der Waals surface area contributed by atoms with Crippen LogP contribution in [-0.2, 0) is 10.0 Å². The molecule has 146 valence electrons. The molecule has 1 heterocycles. The Morgan fingerprint density at radius 3 is 2.50 bits per heavy atom. The number of benzene rings is 3. The molecule has 1 atom stereocenters. The lowest BCUT2D eigenvalue weighted by molar-refractivity contribution is 0.353. The molecule has 0 saturated carbocycles. The van der Waals surface area contributed by atoms with E-state index in [9.17, 15) is 8.42 Å². The Bertz CT molecular complexity index is 1110. The van der Waals surface area contributed by atoms with Crippen molar-refractivity contribution < 1.29 is 17.9 Å². The summed E-state index contributed by atoms with van der Waals surface area (Å²) >= 11 is 1.61. The summed E-state index contributed by atoms with van der Waals surface area (Å²) in [5.74, 6) is 1.95.